The van der Waals surface area contributed by atoms with Gasteiger partial charge in [0.1, 0.15) is 10.6 Å². The van der Waals surface area contributed by atoms with E-state index >= 15 is 0 Å². The quantitative estimate of drug-likeness (QED) is 0.288. The van der Waals surface area contributed by atoms with Crippen molar-refractivity contribution >= 4 is 9.84 Å². The predicted molar refractivity (Wildman–Crippen MR) is 139 cm³/mol. The normalized spacial score (nSPS) is 16.3. The van der Waals surface area contributed by atoms with Gasteiger partial charge in [0.2, 0.25) is 9.84 Å². The van der Waals surface area contributed by atoms with E-state index in [-0.39, 0.29) is 15.7 Å². The van der Waals surface area contributed by atoms with E-state index in [9.17, 15) is 8.42 Å². The minimum Gasteiger partial charge on any atom is -0.494 e. The van der Waals surface area contributed by atoms with Gasteiger partial charge in [-0.3, -0.25) is 9.58 Å². The van der Waals surface area contributed by atoms with Gasteiger partial charge >= 0.3 is 0 Å². The van der Waals surface area contributed by atoms with Gasteiger partial charge in [0.05, 0.1) is 23.4 Å². The summed E-state index contributed by atoms with van der Waals surface area (Å²) in [5, 5.41) is 4.17. The molecule has 1 aliphatic carbocycles. The first-order chi connectivity index (χ1) is 16.8. The van der Waals surface area contributed by atoms with Crippen molar-refractivity contribution in [1.82, 2.24) is 14.7 Å². The lowest BCUT2D eigenvalue weighted by Crippen LogP contribution is -2.27. The van der Waals surface area contributed by atoms with Gasteiger partial charge in [0.15, 0.2) is 0 Å². The molecule has 0 radical (unpaired) electrons. The molecule has 4 rings (SSSR count). The zero-order chi connectivity index (χ0) is 25.0. The van der Waals surface area contributed by atoms with Crippen LogP contribution < -0.4 is 4.74 Å². The van der Waals surface area contributed by atoms with Crippen LogP contribution in [0, 0.1) is 0 Å². The average molecular weight is 496 g/mol. The van der Waals surface area contributed by atoms with Crippen LogP contribution in [0.15, 0.2) is 64.5 Å². The molecule has 0 N–H and O–H groups in total. The molecule has 188 valence electrons. The van der Waals surface area contributed by atoms with Crippen molar-refractivity contribution in [3.8, 4) is 5.75 Å². The Balaban J connectivity index is 1.33. The van der Waals surface area contributed by atoms with Crippen molar-refractivity contribution < 1.29 is 13.2 Å². The third-order valence-electron chi connectivity index (χ3n) is 6.96. The monoisotopic (exact) mass is 495 g/mol. The van der Waals surface area contributed by atoms with Crippen LogP contribution in [-0.2, 0) is 23.3 Å². The van der Waals surface area contributed by atoms with E-state index in [1.807, 2.05) is 13.8 Å². The Bertz CT molecular complexity index is 1230. The molecular formula is C28H37N3O3S. The Morgan fingerprint density at radius 1 is 1.11 bits per heavy atom. The summed E-state index contributed by atoms with van der Waals surface area (Å²) in [5.41, 5.74) is 3.67. The maximum atomic E-state index is 13.2. The summed E-state index contributed by atoms with van der Waals surface area (Å²) in [5.74, 6) is 0.737. The largest absolute Gasteiger partial charge is 0.494 e. The predicted octanol–water partition coefficient (Wildman–Crippen LogP) is 5.54. The first kappa shape index (κ1) is 25.5. The molecule has 35 heavy (non-hydrogen) atoms. The first-order valence-electron chi connectivity index (χ1n) is 12.6. The molecule has 0 aliphatic heterocycles. The molecule has 1 unspecified atom stereocenters. The topological polar surface area (TPSA) is 64.4 Å². The van der Waals surface area contributed by atoms with Crippen LogP contribution in [0.5, 0.6) is 5.75 Å². The molecule has 0 spiro atoms. The number of hydrogen-bond acceptors (Lipinski definition) is 5. The van der Waals surface area contributed by atoms with Crippen LogP contribution in [0.2, 0.25) is 0 Å². The maximum absolute atomic E-state index is 13.2. The second kappa shape index (κ2) is 11.0. The Hall–Kier alpha value is -2.64. The van der Waals surface area contributed by atoms with Crippen LogP contribution in [0.1, 0.15) is 68.3 Å². The molecule has 1 aromatic heterocycles. The highest BCUT2D eigenvalue weighted by Crippen LogP contribution is 2.33. The molecule has 1 heterocycles. The van der Waals surface area contributed by atoms with Crippen molar-refractivity contribution in [2.24, 2.45) is 7.05 Å². The van der Waals surface area contributed by atoms with Gasteiger partial charge in [-0.15, -0.1) is 0 Å². The van der Waals surface area contributed by atoms with E-state index in [0.717, 1.165) is 13.0 Å². The van der Waals surface area contributed by atoms with Crippen molar-refractivity contribution in [3.05, 3.63) is 71.5 Å². The molecule has 0 amide bonds. The molecule has 0 saturated carbocycles. The number of ether oxygens (including phenoxy) is 1. The van der Waals surface area contributed by atoms with E-state index in [1.54, 1.807) is 36.0 Å². The molecular weight excluding hydrogens is 458 g/mol. The summed E-state index contributed by atoms with van der Waals surface area (Å²) in [4.78, 5) is 2.97. The summed E-state index contributed by atoms with van der Waals surface area (Å²) in [6.45, 7) is 5.48. The number of rotatable bonds is 9. The van der Waals surface area contributed by atoms with Crippen LogP contribution in [0.25, 0.3) is 0 Å². The van der Waals surface area contributed by atoms with Crippen molar-refractivity contribution in [1.29, 1.82) is 0 Å². The number of sulfone groups is 1. The molecule has 3 aromatic rings. The van der Waals surface area contributed by atoms with Gasteiger partial charge in [-0.2, -0.15) is 5.10 Å². The van der Waals surface area contributed by atoms with Gasteiger partial charge in [-0.1, -0.05) is 44.5 Å². The Morgan fingerprint density at radius 2 is 1.86 bits per heavy atom. The van der Waals surface area contributed by atoms with Gasteiger partial charge < -0.3 is 4.74 Å². The van der Waals surface area contributed by atoms with Crippen molar-refractivity contribution in [2.75, 3.05) is 20.2 Å². The highest BCUT2D eigenvalue weighted by molar-refractivity contribution is 7.91. The first-order valence-corrected chi connectivity index (χ1v) is 14.0. The zero-order valence-electron chi connectivity index (χ0n) is 21.3. The second-order valence-electron chi connectivity index (χ2n) is 9.79. The smallest absolute Gasteiger partial charge is 0.209 e. The van der Waals surface area contributed by atoms with E-state index < -0.39 is 9.84 Å². The number of nitrogens with zero attached hydrogens (tertiary/aromatic N) is 3. The molecule has 1 aliphatic rings. The number of hydrogen-bond donors (Lipinski definition) is 0. The van der Waals surface area contributed by atoms with Crippen molar-refractivity contribution in [2.45, 2.75) is 67.7 Å². The fourth-order valence-electron chi connectivity index (χ4n) is 5.15. The molecule has 0 fully saturated rings. The maximum Gasteiger partial charge on any atom is 0.209 e. The van der Waals surface area contributed by atoms with Gasteiger partial charge in [0.25, 0.3) is 0 Å². The van der Waals surface area contributed by atoms with Crippen LogP contribution in [-0.4, -0.2) is 43.3 Å². The minimum absolute atomic E-state index is 0.0551. The van der Waals surface area contributed by atoms with E-state index in [4.69, 9.17) is 4.74 Å². The fraction of sp³-hybridized carbons (Fsp3) is 0.464. The Kier molecular flexibility index (Phi) is 7.97. The molecule has 0 bridgehead atoms. The number of aromatic nitrogens is 2. The second-order valence-corrected chi connectivity index (χ2v) is 11.7. The fourth-order valence-corrected chi connectivity index (χ4v) is 6.72. The van der Waals surface area contributed by atoms with Gasteiger partial charge in [0, 0.05) is 19.6 Å². The number of benzene rings is 2. The summed E-state index contributed by atoms with van der Waals surface area (Å²) in [6.07, 6.45) is 7.23. The summed E-state index contributed by atoms with van der Waals surface area (Å²) in [6, 6.07) is 16.0. The Labute approximate surface area is 209 Å². The molecule has 1 atom stereocenters. The Morgan fingerprint density at radius 3 is 2.60 bits per heavy atom. The molecule has 7 heteroatoms. The van der Waals surface area contributed by atoms with Gasteiger partial charge in [-0.05, 0) is 74.0 Å². The summed E-state index contributed by atoms with van der Waals surface area (Å²) < 4.78 is 33.9. The van der Waals surface area contributed by atoms with Crippen LogP contribution >= 0.6 is 0 Å². The number of aryl methyl sites for hydroxylation is 2. The number of fused-ring (bicyclic) bond motifs is 1. The van der Waals surface area contributed by atoms with E-state index in [2.05, 4.69) is 41.3 Å². The highest BCUT2D eigenvalue weighted by atomic mass is 32.2. The van der Waals surface area contributed by atoms with Crippen molar-refractivity contribution in [3.63, 3.8) is 0 Å². The highest BCUT2D eigenvalue weighted by Gasteiger charge is 2.26. The summed E-state index contributed by atoms with van der Waals surface area (Å²) >= 11 is 0. The average Bonchev–Trinajstić information content (AvgIpc) is 3.12. The van der Waals surface area contributed by atoms with E-state index in [0.29, 0.717) is 24.1 Å². The van der Waals surface area contributed by atoms with Crippen LogP contribution in [0.4, 0.5) is 0 Å². The van der Waals surface area contributed by atoms with Crippen LogP contribution in [0.3, 0.4) is 0 Å². The lowest BCUT2D eigenvalue weighted by molar-refractivity contribution is 0.206. The van der Waals surface area contributed by atoms with E-state index in [1.165, 1.54) is 43.0 Å². The minimum atomic E-state index is -3.63. The lowest BCUT2D eigenvalue weighted by Gasteiger charge is -2.28. The third kappa shape index (κ3) is 5.62. The standard InChI is InChI=1S/C28H37N3O3S/c1-21(2)28-27(20-29-31(28)4)35(32,33)24-16-14-23(15-17-24)34-19-9-18-30(3)26-13-8-6-11-22-10-5-7-12-25(22)26/h5,7,10,12,14-17,20-21,26H,6,8-9,11,13,18-19H2,1-4H3. The van der Waals surface area contributed by atoms with Gasteiger partial charge in [-0.25, -0.2) is 8.42 Å². The lowest BCUT2D eigenvalue weighted by atomic mass is 9.98. The molecule has 0 saturated heterocycles. The molecule has 6 nitrogen and oxygen atoms in total. The zero-order valence-corrected chi connectivity index (χ0v) is 22.1. The SMILES string of the molecule is CC(C)c1c(S(=O)(=O)c2ccc(OCCCN(C)C3CCCCc4ccccc43)cc2)cnn1C. The third-order valence-corrected chi connectivity index (χ3v) is 8.75. The molecule has 2 aromatic carbocycles. The summed E-state index contributed by atoms with van der Waals surface area (Å²) in [7, 11) is 0.347.